The summed E-state index contributed by atoms with van der Waals surface area (Å²) < 4.78 is 0. The third-order valence-electron chi connectivity index (χ3n) is 4.80. The van der Waals surface area contributed by atoms with Crippen LogP contribution in [0.25, 0.3) is 0 Å². The molecule has 1 aliphatic rings. The molecule has 0 atom stereocenters. The van der Waals surface area contributed by atoms with Crippen LogP contribution in [0.1, 0.15) is 39.0 Å². The summed E-state index contributed by atoms with van der Waals surface area (Å²) in [7, 11) is 0. The summed E-state index contributed by atoms with van der Waals surface area (Å²) >= 11 is 0. The lowest BCUT2D eigenvalue weighted by Crippen LogP contribution is -2.35. The average Bonchev–Trinajstić information content (AvgIpc) is 2.58. The highest BCUT2D eigenvalue weighted by molar-refractivity contribution is 6.07. The second-order valence-electron chi connectivity index (χ2n) is 6.30. The average molecular weight is 308 g/mol. The third kappa shape index (κ3) is 3.02. The Morgan fingerprint density at radius 3 is 2.83 bits per heavy atom. The van der Waals surface area contributed by atoms with Crippen LogP contribution in [-0.4, -0.2) is 19.0 Å². The number of rotatable bonds is 3. The van der Waals surface area contributed by atoms with E-state index >= 15 is 0 Å². The van der Waals surface area contributed by atoms with Gasteiger partial charge in [0.05, 0.1) is 0 Å². The van der Waals surface area contributed by atoms with Crippen molar-refractivity contribution in [2.24, 2.45) is 5.73 Å². The molecule has 1 heterocycles. The molecule has 2 aromatic rings. The maximum atomic E-state index is 13.0. The Kier molecular flexibility index (Phi) is 4.49. The van der Waals surface area contributed by atoms with Crippen molar-refractivity contribution >= 4 is 11.6 Å². The van der Waals surface area contributed by atoms with E-state index in [0.717, 1.165) is 42.6 Å². The first-order valence-electron chi connectivity index (χ1n) is 8.31. The van der Waals surface area contributed by atoms with Gasteiger partial charge in [-0.25, -0.2) is 0 Å². The predicted octanol–water partition coefficient (Wildman–Crippen LogP) is 3.40. The van der Waals surface area contributed by atoms with Gasteiger partial charge in [0.15, 0.2) is 0 Å². The predicted molar refractivity (Wildman–Crippen MR) is 95.1 cm³/mol. The molecule has 0 unspecified atom stereocenters. The molecule has 0 fully saturated rings. The van der Waals surface area contributed by atoms with Crippen LogP contribution in [0.15, 0.2) is 36.4 Å². The minimum absolute atomic E-state index is 0.0908. The maximum Gasteiger partial charge on any atom is 0.258 e. The molecule has 2 aromatic carbocycles. The molecular formula is C20H24N2O. The molecule has 3 heteroatoms. The van der Waals surface area contributed by atoms with E-state index in [9.17, 15) is 4.79 Å². The molecular weight excluding hydrogens is 284 g/mol. The molecule has 3 rings (SSSR count). The number of aryl methyl sites for hydroxylation is 1. The van der Waals surface area contributed by atoms with E-state index in [4.69, 9.17) is 5.73 Å². The fraction of sp³-hybridized carbons (Fsp3) is 0.350. The van der Waals surface area contributed by atoms with Crippen LogP contribution < -0.4 is 10.6 Å². The number of amides is 1. The molecule has 0 aromatic heterocycles. The van der Waals surface area contributed by atoms with E-state index in [1.165, 1.54) is 16.7 Å². The van der Waals surface area contributed by atoms with E-state index in [2.05, 4.69) is 26.0 Å². The van der Waals surface area contributed by atoms with Crippen molar-refractivity contribution in [2.45, 2.75) is 33.1 Å². The number of nitrogens with zero attached hydrogens (tertiary/aromatic N) is 1. The Bertz CT molecular complexity index is 736. The summed E-state index contributed by atoms with van der Waals surface area (Å²) in [6.45, 7) is 5.68. The van der Waals surface area contributed by atoms with Gasteiger partial charge in [-0.05, 0) is 80.1 Å². The van der Waals surface area contributed by atoms with Gasteiger partial charge in [-0.3, -0.25) is 4.79 Å². The van der Waals surface area contributed by atoms with Crippen molar-refractivity contribution in [1.29, 1.82) is 0 Å². The van der Waals surface area contributed by atoms with E-state index in [1.54, 1.807) is 0 Å². The number of fused-ring (bicyclic) bond motifs is 1. The number of carbonyl (C=O) groups excluding carboxylic acids is 1. The highest BCUT2D eigenvalue weighted by Gasteiger charge is 2.25. The summed E-state index contributed by atoms with van der Waals surface area (Å²) in [6.07, 6.45) is 2.88. The second-order valence-corrected chi connectivity index (χ2v) is 6.30. The Hall–Kier alpha value is -2.13. The SMILES string of the molecule is Cc1ccc2c(c1C)CCCN2C(=O)c1cccc(CCN)c1. The minimum Gasteiger partial charge on any atom is -0.330 e. The quantitative estimate of drug-likeness (QED) is 0.944. The Labute approximate surface area is 138 Å². The van der Waals surface area contributed by atoms with Crippen molar-refractivity contribution < 1.29 is 4.79 Å². The van der Waals surface area contributed by atoms with Gasteiger partial charge in [-0.15, -0.1) is 0 Å². The molecule has 0 bridgehead atoms. The molecule has 0 saturated carbocycles. The van der Waals surface area contributed by atoms with Gasteiger partial charge in [0.2, 0.25) is 0 Å². The molecule has 0 spiro atoms. The fourth-order valence-electron chi connectivity index (χ4n) is 3.36. The minimum atomic E-state index is 0.0908. The van der Waals surface area contributed by atoms with Crippen molar-refractivity contribution in [1.82, 2.24) is 0 Å². The lowest BCUT2D eigenvalue weighted by molar-refractivity contribution is 0.0985. The van der Waals surface area contributed by atoms with Crippen molar-refractivity contribution in [3.63, 3.8) is 0 Å². The molecule has 0 saturated heterocycles. The fourth-order valence-corrected chi connectivity index (χ4v) is 3.36. The van der Waals surface area contributed by atoms with Crippen LogP contribution in [0.2, 0.25) is 0 Å². The first-order valence-corrected chi connectivity index (χ1v) is 8.31. The zero-order valence-corrected chi connectivity index (χ0v) is 13.9. The maximum absolute atomic E-state index is 13.0. The third-order valence-corrected chi connectivity index (χ3v) is 4.80. The van der Waals surface area contributed by atoms with Crippen LogP contribution >= 0.6 is 0 Å². The van der Waals surface area contributed by atoms with Gasteiger partial charge in [0.1, 0.15) is 0 Å². The van der Waals surface area contributed by atoms with E-state index in [1.807, 2.05) is 29.2 Å². The Morgan fingerprint density at radius 1 is 1.22 bits per heavy atom. The van der Waals surface area contributed by atoms with Crippen LogP contribution in [0.4, 0.5) is 5.69 Å². The van der Waals surface area contributed by atoms with Gasteiger partial charge < -0.3 is 10.6 Å². The van der Waals surface area contributed by atoms with Gasteiger partial charge in [0, 0.05) is 17.8 Å². The summed E-state index contributed by atoms with van der Waals surface area (Å²) in [4.78, 5) is 14.9. The lowest BCUT2D eigenvalue weighted by Gasteiger charge is -2.31. The first kappa shape index (κ1) is 15.8. The topological polar surface area (TPSA) is 46.3 Å². The first-order chi connectivity index (χ1) is 11.1. The smallest absolute Gasteiger partial charge is 0.258 e. The van der Waals surface area contributed by atoms with Crippen molar-refractivity contribution in [2.75, 3.05) is 18.0 Å². The van der Waals surface area contributed by atoms with Crippen LogP contribution in [0.3, 0.4) is 0 Å². The van der Waals surface area contributed by atoms with Crippen LogP contribution in [0, 0.1) is 13.8 Å². The largest absolute Gasteiger partial charge is 0.330 e. The number of anilines is 1. The van der Waals surface area contributed by atoms with Crippen molar-refractivity contribution in [3.8, 4) is 0 Å². The van der Waals surface area contributed by atoms with Gasteiger partial charge in [-0.1, -0.05) is 18.2 Å². The van der Waals surface area contributed by atoms with E-state index in [0.29, 0.717) is 6.54 Å². The molecule has 120 valence electrons. The van der Waals surface area contributed by atoms with E-state index < -0.39 is 0 Å². The zero-order valence-electron chi connectivity index (χ0n) is 13.9. The number of nitrogens with two attached hydrogens (primary N) is 1. The Morgan fingerprint density at radius 2 is 2.04 bits per heavy atom. The van der Waals surface area contributed by atoms with Gasteiger partial charge in [-0.2, -0.15) is 0 Å². The molecule has 1 amide bonds. The van der Waals surface area contributed by atoms with Gasteiger partial charge in [0.25, 0.3) is 5.91 Å². The summed E-state index contributed by atoms with van der Waals surface area (Å²) in [5, 5.41) is 0. The highest BCUT2D eigenvalue weighted by atomic mass is 16.2. The molecule has 23 heavy (non-hydrogen) atoms. The number of carbonyl (C=O) groups is 1. The molecule has 2 N–H and O–H groups in total. The summed E-state index contributed by atoms with van der Waals surface area (Å²) in [6, 6.07) is 12.1. The normalized spacial score (nSPS) is 13.8. The number of benzene rings is 2. The van der Waals surface area contributed by atoms with Crippen LogP contribution in [-0.2, 0) is 12.8 Å². The second kappa shape index (κ2) is 6.55. The van der Waals surface area contributed by atoms with Crippen LogP contribution in [0.5, 0.6) is 0 Å². The summed E-state index contributed by atoms with van der Waals surface area (Å²) in [5.41, 5.74) is 12.5. The molecule has 0 aliphatic carbocycles. The molecule has 3 nitrogen and oxygen atoms in total. The van der Waals surface area contributed by atoms with Crippen molar-refractivity contribution in [3.05, 3.63) is 64.2 Å². The zero-order chi connectivity index (χ0) is 16.4. The monoisotopic (exact) mass is 308 g/mol. The highest BCUT2D eigenvalue weighted by Crippen LogP contribution is 2.32. The summed E-state index contributed by atoms with van der Waals surface area (Å²) in [5.74, 6) is 0.0908. The molecule has 0 radical (unpaired) electrons. The Balaban J connectivity index is 1.96. The number of hydrogen-bond acceptors (Lipinski definition) is 2. The lowest BCUT2D eigenvalue weighted by atomic mass is 9.93. The molecule has 1 aliphatic heterocycles. The van der Waals surface area contributed by atoms with E-state index in [-0.39, 0.29) is 5.91 Å². The standard InChI is InChI=1S/C20H24N2O/c1-14-8-9-19-18(15(14)2)7-4-12-22(19)20(23)17-6-3-5-16(13-17)10-11-21/h3,5-6,8-9,13H,4,7,10-12,21H2,1-2H3. The number of hydrogen-bond donors (Lipinski definition) is 1. The van der Waals surface area contributed by atoms with Gasteiger partial charge >= 0.3 is 0 Å².